The topological polar surface area (TPSA) is 43.8 Å². The van der Waals surface area contributed by atoms with Crippen LogP contribution in [0.15, 0.2) is 31.1 Å². The summed E-state index contributed by atoms with van der Waals surface area (Å²) in [6.07, 6.45) is 2.65. The molecule has 0 spiro atoms. The fourth-order valence-corrected chi connectivity index (χ4v) is 1.67. The van der Waals surface area contributed by atoms with E-state index in [2.05, 4.69) is 29.8 Å². The molecule has 1 heterocycles. The molecule has 1 aromatic heterocycles. The molecule has 3 heteroatoms. The number of nitrogens with two attached hydrogens (primary N) is 1. The van der Waals surface area contributed by atoms with Gasteiger partial charge in [0.05, 0.1) is 17.4 Å². The quantitative estimate of drug-likeness (QED) is 0.824. The van der Waals surface area contributed by atoms with E-state index < -0.39 is 0 Å². The number of hydrogen-bond donors (Lipinski definition) is 1. The SMILES string of the molecule is C=C(CCN)c1ccc2c(c1)ncn2C. The van der Waals surface area contributed by atoms with Crippen molar-refractivity contribution in [1.29, 1.82) is 0 Å². The molecule has 0 aliphatic rings. The second-order valence-corrected chi connectivity index (χ2v) is 3.70. The van der Waals surface area contributed by atoms with Gasteiger partial charge in [0.25, 0.3) is 0 Å². The fourth-order valence-electron chi connectivity index (χ4n) is 1.67. The van der Waals surface area contributed by atoms with E-state index in [0.717, 1.165) is 28.6 Å². The van der Waals surface area contributed by atoms with Crippen LogP contribution in [0.25, 0.3) is 16.6 Å². The lowest BCUT2D eigenvalue weighted by molar-refractivity contribution is 0.947. The fraction of sp³-hybridized carbons (Fsp3) is 0.250. The summed E-state index contributed by atoms with van der Waals surface area (Å²) in [7, 11) is 1.99. The molecular formula is C12H15N3. The van der Waals surface area contributed by atoms with Gasteiger partial charge in [0, 0.05) is 7.05 Å². The van der Waals surface area contributed by atoms with E-state index in [1.54, 1.807) is 0 Å². The first-order valence-corrected chi connectivity index (χ1v) is 5.01. The number of aryl methyl sites for hydroxylation is 1. The maximum atomic E-state index is 5.50. The van der Waals surface area contributed by atoms with Gasteiger partial charge in [0.15, 0.2) is 0 Å². The highest BCUT2D eigenvalue weighted by atomic mass is 15.0. The first-order valence-electron chi connectivity index (χ1n) is 5.01. The smallest absolute Gasteiger partial charge is 0.0955 e. The third-order valence-corrected chi connectivity index (χ3v) is 2.58. The monoisotopic (exact) mass is 201 g/mol. The summed E-state index contributed by atoms with van der Waals surface area (Å²) in [6.45, 7) is 4.65. The van der Waals surface area contributed by atoms with Gasteiger partial charge >= 0.3 is 0 Å². The van der Waals surface area contributed by atoms with Crippen molar-refractivity contribution in [3.05, 3.63) is 36.7 Å². The van der Waals surface area contributed by atoms with Gasteiger partial charge in [-0.15, -0.1) is 0 Å². The summed E-state index contributed by atoms with van der Waals surface area (Å²) in [5.41, 5.74) is 9.85. The zero-order valence-electron chi connectivity index (χ0n) is 8.90. The Morgan fingerprint density at radius 3 is 3.07 bits per heavy atom. The van der Waals surface area contributed by atoms with Gasteiger partial charge in [-0.2, -0.15) is 0 Å². The second kappa shape index (κ2) is 3.87. The van der Waals surface area contributed by atoms with Crippen molar-refractivity contribution >= 4 is 16.6 Å². The van der Waals surface area contributed by atoms with Gasteiger partial charge in [0.1, 0.15) is 0 Å². The molecule has 0 aliphatic carbocycles. The average Bonchev–Trinajstić information content (AvgIpc) is 2.60. The minimum Gasteiger partial charge on any atom is -0.334 e. The number of fused-ring (bicyclic) bond motifs is 1. The first kappa shape index (κ1) is 9.93. The molecule has 0 aliphatic heterocycles. The van der Waals surface area contributed by atoms with Crippen molar-refractivity contribution < 1.29 is 0 Å². The summed E-state index contributed by atoms with van der Waals surface area (Å²) >= 11 is 0. The number of rotatable bonds is 3. The zero-order chi connectivity index (χ0) is 10.8. The molecule has 2 rings (SSSR count). The van der Waals surface area contributed by atoms with E-state index >= 15 is 0 Å². The molecule has 78 valence electrons. The number of aromatic nitrogens is 2. The normalized spacial score (nSPS) is 10.8. The van der Waals surface area contributed by atoms with Crippen molar-refractivity contribution in [1.82, 2.24) is 9.55 Å². The minimum atomic E-state index is 0.638. The lowest BCUT2D eigenvalue weighted by Gasteiger charge is -2.04. The van der Waals surface area contributed by atoms with E-state index in [4.69, 9.17) is 5.73 Å². The second-order valence-electron chi connectivity index (χ2n) is 3.70. The number of imidazole rings is 1. The Morgan fingerprint density at radius 1 is 1.53 bits per heavy atom. The molecule has 0 radical (unpaired) electrons. The Hall–Kier alpha value is -1.61. The van der Waals surface area contributed by atoms with Crippen molar-refractivity contribution in [3.8, 4) is 0 Å². The van der Waals surface area contributed by atoms with Gasteiger partial charge in [0.2, 0.25) is 0 Å². The summed E-state index contributed by atoms with van der Waals surface area (Å²) < 4.78 is 2.00. The third kappa shape index (κ3) is 1.78. The molecule has 0 bridgehead atoms. The molecule has 0 saturated heterocycles. The summed E-state index contributed by atoms with van der Waals surface area (Å²) in [6, 6.07) is 6.20. The van der Waals surface area contributed by atoms with Gasteiger partial charge in [-0.1, -0.05) is 12.6 Å². The Bertz CT molecular complexity index is 497. The Morgan fingerprint density at radius 2 is 2.33 bits per heavy atom. The van der Waals surface area contributed by atoms with Crippen molar-refractivity contribution in [2.24, 2.45) is 12.8 Å². The number of nitrogens with zero attached hydrogens (tertiary/aromatic N) is 2. The van der Waals surface area contributed by atoms with E-state index in [-0.39, 0.29) is 0 Å². The van der Waals surface area contributed by atoms with E-state index in [0.29, 0.717) is 6.54 Å². The van der Waals surface area contributed by atoms with Crippen LogP contribution in [0.5, 0.6) is 0 Å². The number of hydrogen-bond acceptors (Lipinski definition) is 2. The standard InChI is InChI=1S/C12H15N3/c1-9(5-6-13)10-3-4-12-11(7-10)14-8-15(12)2/h3-4,7-8H,1,5-6,13H2,2H3. The summed E-state index contributed by atoms with van der Waals surface area (Å²) in [5, 5.41) is 0. The van der Waals surface area contributed by atoms with E-state index in [1.807, 2.05) is 17.9 Å². The van der Waals surface area contributed by atoms with Crippen LogP contribution in [0, 0.1) is 0 Å². The van der Waals surface area contributed by atoms with Crippen LogP contribution in [0.1, 0.15) is 12.0 Å². The van der Waals surface area contributed by atoms with E-state index in [1.165, 1.54) is 0 Å². The van der Waals surface area contributed by atoms with Crippen LogP contribution in [0.3, 0.4) is 0 Å². The molecule has 0 amide bonds. The Labute approximate surface area is 89.2 Å². The maximum absolute atomic E-state index is 5.50. The van der Waals surface area contributed by atoms with Crippen LogP contribution in [0.4, 0.5) is 0 Å². The Kier molecular flexibility index (Phi) is 2.56. The van der Waals surface area contributed by atoms with Gasteiger partial charge in [-0.05, 0) is 36.2 Å². The highest BCUT2D eigenvalue weighted by Crippen LogP contribution is 2.20. The largest absolute Gasteiger partial charge is 0.334 e. The lowest BCUT2D eigenvalue weighted by atomic mass is 10.0. The van der Waals surface area contributed by atoms with Gasteiger partial charge < -0.3 is 10.3 Å². The minimum absolute atomic E-state index is 0.638. The highest BCUT2D eigenvalue weighted by Gasteiger charge is 2.03. The molecule has 0 atom stereocenters. The molecule has 3 nitrogen and oxygen atoms in total. The highest BCUT2D eigenvalue weighted by molar-refractivity contribution is 5.80. The third-order valence-electron chi connectivity index (χ3n) is 2.58. The van der Waals surface area contributed by atoms with E-state index in [9.17, 15) is 0 Å². The zero-order valence-corrected chi connectivity index (χ0v) is 8.90. The van der Waals surface area contributed by atoms with Crippen molar-refractivity contribution in [2.45, 2.75) is 6.42 Å². The van der Waals surface area contributed by atoms with Gasteiger partial charge in [-0.25, -0.2) is 4.98 Å². The molecule has 2 aromatic rings. The molecule has 0 fully saturated rings. The van der Waals surface area contributed by atoms with Crippen LogP contribution < -0.4 is 5.73 Å². The van der Waals surface area contributed by atoms with Crippen LogP contribution in [0.2, 0.25) is 0 Å². The molecule has 0 unspecified atom stereocenters. The Balaban J connectivity index is 2.43. The maximum Gasteiger partial charge on any atom is 0.0955 e. The molecule has 2 N–H and O–H groups in total. The van der Waals surface area contributed by atoms with Crippen molar-refractivity contribution in [3.63, 3.8) is 0 Å². The van der Waals surface area contributed by atoms with Crippen molar-refractivity contribution in [2.75, 3.05) is 6.54 Å². The van der Waals surface area contributed by atoms with Crippen LogP contribution >= 0.6 is 0 Å². The molecule has 15 heavy (non-hydrogen) atoms. The summed E-state index contributed by atoms with van der Waals surface area (Å²) in [4.78, 5) is 4.31. The number of benzene rings is 1. The predicted octanol–water partition coefficient (Wildman–Crippen LogP) is 1.94. The summed E-state index contributed by atoms with van der Waals surface area (Å²) in [5.74, 6) is 0. The molecular weight excluding hydrogens is 186 g/mol. The first-order chi connectivity index (χ1) is 7.22. The van der Waals surface area contributed by atoms with Gasteiger partial charge in [-0.3, -0.25) is 0 Å². The molecule has 1 aromatic carbocycles. The van der Waals surface area contributed by atoms with Crippen LogP contribution in [-0.4, -0.2) is 16.1 Å². The predicted molar refractivity (Wildman–Crippen MR) is 63.4 cm³/mol. The van der Waals surface area contributed by atoms with Crippen LogP contribution in [-0.2, 0) is 7.05 Å². The lowest BCUT2D eigenvalue weighted by Crippen LogP contribution is -1.99. The average molecular weight is 201 g/mol. The molecule has 0 saturated carbocycles.